The molecule has 1 unspecified atom stereocenters. The third-order valence-corrected chi connectivity index (χ3v) is 3.95. The molecule has 21 heavy (non-hydrogen) atoms. The van der Waals surface area contributed by atoms with Crippen LogP contribution in [0.2, 0.25) is 0 Å². The van der Waals surface area contributed by atoms with Crippen molar-refractivity contribution >= 4 is 11.9 Å². The van der Waals surface area contributed by atoms with Crippen molar-refractivity contribution in [2.45, 2.75) is 37.8 Å². The molecule has 1 fully saturated rings. The topological polar surface area (TPSA) is 113 Å². The summed E-state index contributed by atoms with van der Waals surface area (Å²) >= 11 is 0. The fraction of sp³-hybridized carbons (Fsp3) is 0.467. The van der Waals surface area contributed by atoms with Crippen LogP contribution in [0.4, 0.5) is 0 Å². The molecule has 2 atom stereocenters. The first-order chi connectivity index (χ1) is 9.83. The Morgan fingerprint density at radius 3 is 2.43 bits per heavy atom. The SMILES string of the molecule is CC(NC(=O)[C@H](N)Cc1ccc(O)cc1)(C(=O)O)C1CC1. The van der Waals surface area contributed by atoms with E-state index in [0.29, 0.717) is 0 Å². The van der Waals surface area contributed by atoms with E-state index >= 15 is 0 Å². The fourth-order valence-corrected chi connectivity index (χ4v) is 2.32. The molecule has 1 aliphatic carbocycles. The van der Waals surface area contributed by atoms with E-state index in [9.17, 15) is 19.8 Å². The second-order valence-corrected chi connectivity index (χ2v) is 5.75. The lowest BCUT2D eigenvalue weighted by molar-refractivity contribution is -0.148. The minimum atomic E-state index is -1.25. The molecule has 0 saturated heterocycles. The van der Waals surface area contributed by atoms with Gasteiger partial charge in [0.15, 0.2) is 0 Å². The first-order valence-electron chi connectivity index (χ1n) is 6.92. The van der Waals surface area contributed by atoms with Gasteiger partial charge in [-0.25, -0.2) is 4.79 Å². The zero-order chi connectivity index (χ0) is 15.6. The molecule has 0 aromatic heterocycles. The normalized spacial score (nSPS) is 18.6. The lowest BCUT2D eigenvalue weighted by Gasteiger charge is -2.27. The van der Waals surface area contributed by atoms with Crippen LogP contribution < -0.4 is 11.1 Å². The summed E-state index contributed by atoms with van der Waals surface area (Å²) in [6.45, 7) is 1.53. The van der Waals surface area contributed by atoms with Crippen molar-refractivity contribution < 1.29 is 19.8 Å². The molecule has 1 aromatic rings. The summed E-state index contributed by atoms with van der Waals surface area (Å²) in [5, 5.41) is 21.1. The molecule has 1 aromatic carbocycles. The van der Waals surface area contributed by atoms with E-state index in [1.807, 2.05) is 0 Å². The van der Waals surface area contributed by atoms with Gasteiger partial charge in [-0.15, -0.1) is 0 Å². The summed E-state index contributed by atoms with van der Waals surface area (Å²) in [7, 11) is 0. The zero-order valence-electron chi connectivity index (χ0n) is 11.9. The summed E-state index contributed by atoms with van der Waals surface area (Å²) in [5.74, 6) is -1.39. The van der Waals surface area contributed by atoms with Gasteiger partial charge in [0.1, 0.15) is 11.3 Å². The Kier molecular flexibility index (Phi) is 4.18. The molecule has 5 N–H and O–H groups in total. The van der Waals surface area contributed by atoms with Gasteiger partial charge in [-0.1, -0.05) is 12.1 Å². The first-order valence-corrected chi connectivity index (χ1v) is 6.92. The van der Waals surface area contributed by atoms with Gasteiger partial charge in [0.2, 0.25) is 5.91 Å². The number of carbonyl (C=O) groups is 2. The van der Waals surface area contributed by atoms with E-state index < -0.39 is 23.5 Å². The number of nitrogens with two attached hydrogens (primary N) is 1. The summed E-state index contributed by atoms with van der Waals surface area (Å²) in [6.07, 6.45) is 1.89. The Hall–Kier alpha value is -2.08. The largest absolute Gasteiger partial charge is 0.508 e. The van der Waals surface area contributed by atoms with Gasteiger partial charge >= 0.3 is 5.97 Å². The van der Waals surface area contributed by atoms with E-state index in [0.717, 1.165) is 18.4 Å². The third-order valence-electron chi connectivity index (χ3n) is 3.95. The highest BCUT2D eigenvalue weighted by Gasteiger charge is 2.48. The Labute approximate surface area is 123 Å². The van der Waals surface area contributed by atoms with E-state index in [-0.39, 0.29) is 18.1 Å². The van der Waals surface area contributed by atoms with Gasteiger partial charge < -0.3 is 21.3 Å². The predicted octanol–water partition coefficient (Wildman–Crippen LogP) is 0.631. The second kappa shape index (κ2) is 5.73. The van der Waals surface area contributed by atoms with Gasteiger partial charge in [-0.3, -0.25) is 4.79 Å². The molecule has 0 heterocycles. The molecule has 1 amide bonds. The number of carboxylic acids is 1. The van der Waals surface area contributed by atoms with Crippen LogP contribution >= 0.6 is 0 Å². The van der Waals surface area contributed by atoms with Crippen LogP contribution in [0.1, 0.15) is 25.3 Å². The highest BCUT2D eigenvalue weighted by atomic mass is 16.4. The minimum absolute atomic E-state index is 0.0279. The third kappa shape index (κ3) is 3.52. The number of amides is 1. The standard InChI is InChI=1S/C15H20N2O4/c1-15(14(20)21,10-4-5-10)17-13(19)12(16)8-9-2-6-11(18)7-3-9/h2-3,6-7,10,12,18H,4-5,8,16H2,1H3,(H,17,19)(H,20,21)/t12-,15?/m1/s1. The molecule has 2 rings (SSSR count). The van der Waals surface area contributed by atoms with Crippen molar-refractivity contribution in [2.24, 2.45) is 11.7 Å². The number of benzene rings is 1. The highest BCUT2D eigenvalue weighted by Crippen LogP contribution is 2.39. The first kappa shape index (κ1) is 15.3. The number of rotatable bonds is 6. The van der Waals surface area contributed by atoms with Crippen molar-refractivity contribution in [3.8, 4) is 5.75 Å². The molecule has 6 nitrogen and oxygen atoms in total. The van der Waals surface area contributed by atoms with Crippen molar-refractivity contribution in [3.63, 3.8) is 0 Å². The summed E-state index contributed by atoms with van der Waals surface area (Å²) in [4.78, 5) is 23.5. The number of aliphatic carboxylic acids is 1. The number of hydrogen-bond donors (Lipinski definition) is 4. The molecule has 6 heteroatoms. The van der Waals surface area contributed by atoms with E-state index in [1.54, 1.807) is 12.1 Å². The van der Waals surface area contributed by atoms with Crippen LogP contribution in [0, 0.1) is 5.92 Å². The van der Waals surface area contributed by atoms with Crippen LogP contribution in [0.15, 0.2) is 24.3 Å². The van der Waals surface area contributed by atoms with Crippen LogP contribution in [0.25, 0.3) is 0 Å². The molecule has 1 saturated carbocycles. The average molecular weight is 292 g/mol. The van der Waals surface area contributed by atoms with Gasteiger partial charge in [-0.05, 0) is 49.8 Å². The number of hydrogen-bond acceptors (Lipinski definition) is 4. The van der Waals surface area contributed by atoms with Crippen LogP contribution in [-0.2, 0) is 16.0 Å². The van der Waals surface area contributed by atoms with Gasteiger partial charge in [0, 0.05) is 0 Å². The lowest BCUT2D eigenvalue weighted by atomic mass is 9.95. The molecule has 0 bridgehead atoms. The number of nitrogens with one attached hydrogen (secondary N) is 1. The highest BCUT2D eigenvalue weighted by molar-refractivity contribution is 5.89. The Balaban J connectivity index is 1.98. The molecular weight excluding hydrogens is 272 g/mol. The smallest absolute Gasteiger partial charge is 0.329 e. The monoisotopic (exact) mass is 292 g/mol. The number of aromatic hydroxyl groups is 1. The van der Waals surface area contributed by atoms with Gasteiger partial charge in [0.25, 0.3) is 0 Å². The summed E-state index contributed by atoms with van der Waals surface area (Å²) in [6, 6.07) is 5.57. The summed E-state index contributed by atoms with van der Waals surface area (Å²) < 4.78 is 0. The maximum Gasteiger partial charge on any atom is 0.329 e. The van der Waals surface area contributed by atoms with Crippen LogP contribution in [0.3, 0.4) is 0 Å². The van der Waals surface area contributed by atoms with E-state index in [2.05, 4.69) is 5.32 Å². The molecule has 0 spiro atoms. The number of phenolic OH excluding ortho intramolecular Hbond substituents is 1. The Morgan fingerprint density at radius 2 is 1.95 bits per heavy atom. The molecular formula is C15H20N2O4. The van der Waals surface area contributed by atoms with Crippen molar-refractivity contribution in [1.82, 2.24) is 5.32 Å². The lowest BCUT2D eigenvalue weighted by Crippen LogP contribution is -2.58. The van der Waals surface area contributed by atoms with E-state index in [4.69, 9.17) is 5.73 Å². The Bertz CT molecular complexity index is 539. The Morgan fingerprint density at radius 1 is 1.38 bits per heavy atom. The number of phenols is 1. The molecule has 0 radical (unpaired) electrons. The second-order valence-electron chi connectivity index (χ2n) is 5.75. The van der Waals surface area contributed by atoms with Gasteiger partial charge in [0.05, 0.1) is 6.04 Å². The van der Waals surface area contributed by atoms with E-state index in [1.165, 1.54) is 19.1 Å². The van der Waals surface area contributed by atoms with Crippen LogP contribution in [0.5, 0.6) is 5.75 Å². The molecule has 1 aliphatic rings. The number of carboxylic acid groups (broad SMARTS) is 1. The van der Waals surface area contributed by atoms with Crippen LogP contribution in [-0.4, -0.2) is 33.7 Å². The fourth-order valence-electron chi connectivity index (χ4n) is 2.32. The number of carbonyl (C=O) groups excluding carboxylic acids is 1. The quantitative estimate of drug-likeness (QED) is 0.614. The zero-order valence-corrected chi connectivity index (χ0v) is 11.9. The van der Waals surface area contributed by atoms with Crippen molar-refractivity contribution in [2.75, 3.05) is 0 Å². The summed E-state index contributed by atoms with van der Waals surface area (Å²) in [5.41, 5.74) is 5.41. The predicted molar refractivity (Wildman–Crippen MR) is 76.7 cm³/mol. The van der Waals surface area contributed by atoms with Gasteiger partial charge in [-0.2, -0.15) is 0 Å². The molecule has 114 valence electrons. The molecule has 0 aliphatic heterocycles. The minimum Gasteiger partial charge on any atom is -0.508 e. The van der Waals surface area contributed by atoms with Crippen molar-refractivity contribution in [1.29, 1.82) is 0 Å². The maximum atomic E-state index is 12.1. The maximum absolute atomic E-state index is 12.1. The van der Waals surface area contributed by atoms with Crippen molar-refractivity contribution in [3.05, 3.63) is 29.8 Å². The average Bonchev–Trinajstić information content (AvgIpc) is 3.25.